The van der Waals surface area contributed by atoms with Gasteiger partial charge in [0, 0.05) is 30.4 Å². The molecule has 0 fully saturated rings. The van der Waals surface area contributed by atoms with E-state index in [1.54, 1.807) is 23.7 Å². The van der Waals surface area contributed by atoms with Crippen molar-refractivity contribution in [1.29, 1.82) is 0 Å². The van der Waals surface area contributed by atoms with Gasteiger partial charge < -0.3 is 5.32 Å². The smallest absolute Gasteiger partial charge is 0.111 e. The van der Waals surface area contributed by atoms with Gasteiger partial charge in [-0.15, -0.1) is 11.3 Å². The molecule has 0 aliphatic carbocycles. The molecular weight excluding hydrogens is 232 g/mol. The zero-order valence-electron chi connectivity index (χ0n) is 10.3. The molecule has 2 rings (SSSR count). The number of hydrogen-bond donors (Lipinski definition) is 1. The quantitative estimate of drug-likeness (QED) is 0.902. The molecule has 0 saturated carbocycles. The Bertz CT molecular complexity index is 493. The molecule has 0 amide bonds. The van der Waals surface area contributed by atoms with Gasteiger partial charge in [-0.05, 0) is 6.92 Å². The van der Waals surface area contributed by atoms with Crippen molar-refractivity contribution >= 4 is 11.3 Å². The Morgan fingerprint density at radius 2 is 2.06 bits per heavy atom. The summed E-state index contributed by atoms with van der Waals surface area (Å²) < 4.78 is 0. The van der Waals surface area contributed by atoms with Crippen molar-refractivity contribution < 1.29 is 0 Å². The first-order valence-corrected chi connectivity index (χ1v) is 6.50. The first-order chi connectivity index (χ1) is 8.16. The molecule has 0 radical (unpaired) electrons. The molecule has 5 heteroatoms. The van der Waals surface area contributed by atoms with Crippen LogP contribution in [0.15, 0.2) is 17.8 Å². The molecule has 0 aromatic carbocycles. The standard InChI is InChI=1S/C12H16N4S/c1-8(2)15-6-11-16-10(7-17-11)12-9(3)13-4-5-14-12/h4-5,7-8,15H,6H2,1-3H3. The summed E-state index contributed by atoms with van der Waals surface area (Å²) in [5.74, 6) is 0. The van der Waals surface area contributed by atoms with E-state index < -0.39 is 0 Å². The third-order valence-corrected chi connectivity index (χ3v) is 3.19. The number of nitrogens with one attached hydrogen (secondary N) is 1. The second-order valence-corrected chi connectivity index (χ2v) is 5.10. The molecule has 17 heavy (non-hydrogen) atoms. The lowest BCUT2D eigenvalue weighted by atomic mass is 10.3. The van der Waals surface area contributed by atoms with Gasteiger partial charge in [-0.1, -0.05) is 13.8 Å². The molecule has 2 aromatic heterocycles. The summed E-state index contributed by atoms with van der Waals surface area (Å²) in [6.45, 7) is 7.01. The summed E-state index contributed by atoms with van der Waals surface area (Å²) >= 11 is 1.65. The van der Waals surface area contributed by atoms with Gasteiger partial charge in [-0.2, -0.15) is 0 Å². The van der Waals surface area contributed by atoms with Crippen molar-refractivity contribution in [2.75, 3.05) is 0 Å². The SMILES string of the molecule is Cc1nccnc1-c1csc(CNC(C)C)n1. The molecule has 0 aliphatic heterocycles. The molecule has 4 nitrogen and oxygen atoms in total. The van der Waals surface area contributed by atoms with Crippen LogP contribution in [0.4, 0.5) is 0 Å². The van der Waals surface area contributed by atoms with E-state index in [9.17, 15) is 0 Å². The number of rotatable bonds is 4. The molecule has 0 bridgehead atoms. The number of thiazole rings is 1. The largest absolute Gasteiger partial charge is 0.308 e. The van der Waals surface area contributed by atoms with Crippen LogP contribution in [-0.4, -0.2) is 21.0 Å². The second-order valence-electron chi connectivity index (χ2n) is 4.15. The number of hydrogen-bond acceptors (Lipinski definition) is 5. The number of aryl methyl sites for hydroxylation is 1. The van der Waals surface area contributed by atoms with E-state index in [-0.39, 0.29) is 0 Å². The van der Waals surface area contributed by atoms with Gasteiger partial charge in [0.2, 0.25) is 0 Å². The predicted octanol–water partition coefficient (Wildman–Crippen LogP) is 2.41. The summed E-state index contributed by atoms with van der Waals surface area (Å²) in [7, 11) is 0. The van der Waals surface area contributed by atoms with Crippen molar-refractivity contribution in [2.45, 2.75) is 33.4 Å². The van der Waals surface area contributed by atoms with Crippen LogP contribution in [0.5, 0.6) is 0 Å². The highest BCUT2D eigenvalue weighted by Crippen LogP contribution is 2.21. The van der Waals surface area contributed by atoms with Gasteiger partial charge in [0.05, 0.1) is 5.69 Å². The minimum Gasteiger partial charge on any atom is -0.308 e. The molecule has 90 valence electrons. The Labute approximate surface area is 105 Å². The van der Waals surface area contributed by atoms with Crippen LogP contribution < -0.4 is 5.32 Å². The van der Waals surface area contributed by atoms with Crippen LogP contribution in [0.1, 0.15) is 24.5 Å². The van der Waals surface area contributed by atoms with Crippen molar-refractivity contribution in [1.82, 2.24) is 20.3 Å². The first-order valence-electron chi connectivity index (χ1n) is 5.62. The van der Waals surface area contributed by atoms with E-state index in [2.05, 4.69) is 34.1 Å². The zero-order chi connectivity index (χ0) is 12.3. The van der Waals surface area contributed by atoms with Crippen molar-refractivity contribution in [3.63, 3.8) is 0 Å². The van der Waals surface area contributed by atoms with Crippen LogP contribution in [0.2, 0.25) is 0 Å². The number of aromatic nitrogens is 3. The summed E-state index contributed by atoms with van der Waals surface area (Å²) in [5.41, 5.74) is 2.71. The Morgan fingerprint density at radius 3 is 2.76 bits per heavy atom. The minimum atomic E-state index is 0.473. The predicted molar refractivity (Wildman–Crippen MR) is 69.9 cm³/mol. The fourth-order valence-electron chi connectivity index (χ4n) is 1.45. The summed E-state index contributed by atoms with van der Waals surface area (Å²) in [6.07, 6.45) is 3.40. The summed E-state index contributed by atoms with van der Waals surface area (Å²) in [5, 5.41) is 6.47. The van der Waals surface area contributed by atoms with E-state index in [4.69, 9.17) is 0 Å². The third kappa shape index (κ3) is 3.08. The maximum atomic E-state index is 4.57. The Kier molecular flexibility index (Phi) is 3.81. The van der Waals surface area contributed by atoms with E-state index in [0.29, 0.717) is 6.04 Å². The molecule has 0 aliphatic rings. The lowest BCUT2D eigenvalue weighted by Gasteiger charge is -2.04. The lowest BCUT2D eigenvalue weighted by Crippen LogP contribution is -2.21. The highest BCUT2D eigenvalue weighted by Gasteiger charge is 2.08. The van der Waals surface area contributed by atoms with Crippen LogP contribution in [0.25, 0.3) is 11.4 Å². The normalized spacial score (nSPS) is 11.1. The van der Waals surface area contributed by atoms with Gasteiger partial charge in [0.15, 0.2) is 0 Å². The average Bonchev–Trinajstić information content (AvgIpc) is 2.75. The Morgan fingerprint density at radius 1 is 1.29 bits per heavy atom. The van der Waals surface area contributed by atoms with Crippen molar-refractivity contribution in [3.8, 4) is 11.4 Å². The third-order valence-electron chi connectivity index (χ3n) is 2.34. The van der Waals surface area contributed by atoms with Gasteiger partial charge in [0.25, 0.3) is 0 Å². The highest BCUT2D eigenvalue weighted by atomic mass is 32.1. The minimum absolute atomic E-state index is 0.473. The second kappa shape index (κ2) is 5.33. The molecule has 2 heterocycles. The first kappa shape index (κ1) is 12.1. The molecular formula is C12H16N4S. The van der Waals surface area contributed by atoms with Crippen molar-refractivity contribution in [3.05, 3.63) is 28.5 Å². The van der Waals surface area contributed by atoms with Crippen LogP contribution in [0, 0.1) is 6.92 Å². The summed E-state index contributed by atoms with van der Waals surface area (Å²) in [6, 6.07) is 0.473. The molecule has 1 N–H and O–H groups in total. The van der Waals surface area contributed by atoms with Crippen LogP contribution in [0.3, 0.4) is 0 Å². The lowest BCUT2D eigenvalue weighted by molar-refractivity contribution is 0.587. The van der Waals surface area contributed by atoms with E-state index >= 15 is 0 Å². The monoisotopic (exact) mass is 248 g/mol. The topological polar surface area (TPSA) is 50.7 Å². The molecule has 0 unspecified atom stereocenters. The van der Waals surface area contributed by atoms with E-state index in [1.807, 2.05) is 12.3 Å². The molecule has 0 saturated heterocycles. The Hall–Kier alpha value is -1.33. The van der Waals surface area contributed by atoms with Gasteiger partial charge in [-0.25, -0.2) is 4.98 Å². The van der Waals surface area contributed by atoms with Gasteiger partial charge in [0.1, 0.15) is 16.4 Å². The van der Waals surface area contributed by atoms with Crippen LogP contribution in [-0.2, 0) is 6.54 Å². The molecule has 0 spiro atoms. The van der Waals surface area contributed by atoms with Crippen molar-refractivity contribution in [2.24, 2.45) is 0 Å². The molecule has 0 atom stereocenters. The highest BCUT2D eigenvalue weighted by molar-refractivity contribution is 7.09. The molecule has 2 aromatic rings. The fourth-order valence-corrected chi connectivity index (χ4v) is 2.18. The van der Waals surface area contributed by atoms with E-state index in [0.717, 1.165) is 28.6 Å². The summed E-state index contributed by atoms with van der Waals surface area (Å²) in [4.78, 5) is 13.1. The zero-order valence-corrected chi connectivity index (χ0v) is 11.1. The van der Waals surface area contributed by atoms with E-state index in [1.165, 1.54) is 0 Å². The van der Waals surface area contributed by atoms with Gasteiger partial charge >= 0.3 is 0 Å². The average molecular weight is 248 g/mol. The maximum absolute atomic E-state index is 4.57. The Balaban J connectivity index is 2.16. The van der Waals surface area contributed by atoms with Crippen LogP contribution >= 0.6 is 11.3 Å². The number of nitrogens with zero attached hydrogens (tertiary/aromatic N) is 3. The van der Waals surface area contributed by atoms with Gasteiger partial charge in [-0.3, -0.25) is 9.97 Å². The maximum Gasteiger partial charge on any atom is 0.111 e. The fraction of sp³-hybridized carbons (Fsp3) is 0.417.